The van der Waals surface area contributed by atoms with Gasteiger partial charge >= 0.3 is 0 Å². The van der Waals surface area contributed by atoms with Crippen molar-refractivity contribution in [2.45, 2.75) is 31.6 Å². The standard InChI is InChI=1S/C15H17ClN2O2S2/c1-4-18-13(20)11(15(2,3)22-14(18)21)17-12(19)9-5-7-10(16)8-6-9/h5-8,11H,4H2,1-3H3,(H,17,19). The summed E-state index contributed by atoms with van der Waals surface area (Å²) in [4.78, 5) is 26.5. The molecule has 7 heteroatoms. The maximum absolute atomic E-state index is 12.6. The largest absolute Gasteiger partial charge is 0.339 e. The van der Waals surface area contributed by atoms with Crippen molar-refractivity contribution in [3.8, 4) is 0 Å². The van der Waals surface area contributed by atoms with Gasteiger partial charge in [-0.3, -0.25) is 14.5 Å². The molecule has 1 saturated heterocycles. The van der Waals surface area contributed by atoms with Crippen LogP contribution < -0.4 is 5.32 Å². The van der Waals surface area contributed by atoms with Crippen LogP contribution in [0.5, 0.6) is 0 Å². The third kappa shape index (κ3) is 3.45. The molecule has 0 radical (unpaired) electrons. The number of nitrogens with one attached hydrogen (secondary N) is 1. The van der Waals surface area contributed by atoms with Crippen LogP contribution in [0, 0.1) is 0 Å². The van der Waals surface area contributed by atoms with Crippen LogP contribution in [0.25, 0.3) is 0 Å². The highest BCUT2D eigenvalue weighted by molar-refractivity contribution is 8.24. The van der Waals surface area contributed by atoms with E-state index in [-0.39, 0.29) is 11.8 Å². The first-order valence-corrected chi connectivity index (χ1v) is 8.47. The van der Waals surface area contributed by atoms with E-state index in [4.69, 9.17) is 23.8 Å². The molecule has 0 bridgehead atoms. The zero-order valence-electron chi connectivity index (χ0n) is 12.6. The van der Waals surface area contributed by atoms with Gasteiger partial charge in [-0.1, -0.05) is 35.6 Å². The van der Waals surface area contributed by atoms with Gasteiger partial charge in [0.15, 0.2) is 0 Å². The molecule has 1 aliphatic rings. The number of rotatable bonds is 3. The lowest BCUT2D eigenvalue weighted by atomic mass is 10.0. The molecule has 1 aromatic carbocycles. The lowest BCUT2D eigenvalue weighted by molar-refractivity contribution is -0.129. The summed E-state index contributed by atoms with van der Waals surface area (Å²) in [6.07, 6.45) is 0. The summed E-state index contributed by atoms with van der Waals surface area (Å²) in [5, 5.41) is 3.38. The van der Waals surface area contributed by atoms with Gasteiger partial charge in [-0.2, -0.15) is 0 Å². The summed E-state index contributed by atoms with van der Waals surface area (Å²) >= 11 is 12.5. The zero-order chi connectivity index (χ0) is 16.5. The third-order valence-corrected chi connectivity index (χ3v) is 5.36. The molecule has 2 rings (SSSR count). The molecular formula is C15H17ClN2O2S2. The number of halogens is 1. The van der Waals surface area contributed by atoms with Gasteiger partial charge < -0.3 is 5.32 Å². The Morgan fingerprint density at radius 3 is 2.55 bits per heavy atom. The van der Waals surface area contributed by atoms with Crippen LogP contribution in [-0.2, 0) is 4.79 Å². The number of amides is 2. The number of benzene rings is 1. The summed E-state index contributed by atoms with van der Waals surface area (Å²) in [6, 6.07) is 5.92. The van der Waals surface area contributed by atoms with Gasteiger partial charge in [-0.05, 0) is 45.0 Å². The number of thioether (sulfide) groups is 1. The topological polar surface area (TPSA) is 49.4 Å². The minimum atomic E-state index is -0.632. The van der Waals surface area contributed by atoms with Gasteiger partial charge in [-0.15, -0.1) is 0 Å². The quantitative estimate of drug-likeness (QED) is 0.845. The first kappa shape index (κ1) is 17.2. The second kappa shape index (κ2) is 6.56. The number of hydrogen-bond acceptors (Lipinski definition) is 4. The SMILES string of the molecule is CCN1C(=O)C(NC(=O)c2ccc(Cl)cc2)C(C)(C)SC1=S. The van der Waals surface area contributed by atoms with Crippen molar-refractivity contribution < 1.29 is 9.59 Å². The predicted molar refractivity (Wildman–Crippen MR) is 94.4 cm³/mol. The Kier molecular flexibility index (Phi) is 5.14. The normalized spacial score (nSPS) is 20.9. The molecule has 0 spiro atoms. The van der Waals surface area contributed by atoms with Crippen LogP contribution >= 0.6 is 35.6 Å². The van der Waals surface area contributed by atoms with Crippen molar-refractivity contribution >= 4 is 51.7 Å². The smallest absolute Gasteiger partial charge is 0.252 e. The highest BCUT2D eigenvalue weighted by Crippen LogP contribution is 2.36. The summed E-state index contributed by atoms with van der Waals surface area (Å²) in [5.41, 5.74) is 0.467. The number of nitrogens with zero attached hydrogens (tertiary/aromatic N) is 1. The highest BCUT2D eigenvalue weighted by atomic mass is 35.5. The Morgan fingerprint density at radius 1 is 1.41 bits per heavy atom. The molecule has 1 N–H and O–H groups in total. The molecule has 1 aromatic rings. The Hall–Kier alpha value is -1.11. The van der Waals surface area contributed by atoms with E-state index >= 15 is 0 Å². The maximum atomic E-state index is 12.6. The van der Waals surface area contributed by atoms with E-state index in [9.17, 15) is 9.59 Å². The van der Waals surface area contributed by atoms with Crippen molar-refractivity contribution in [2.75, 3.05) is 6.54 Å². The van der Waals surface area contributed by atoms with E-state index < -0.39 is 10.8 Å². The Bertz CT molecular complexity index is 616. The predicted octanol–water partition coefficient (Wildman–Crippen LogP) is 3.10. The van der Waals surface area contributed by atoms with Crippen LogP contribution in [0.4, 0.5) is 0 Å². The van der Waals surface area contributed by atoms with E-state index in [0.717, 1.165) is 0 Å². The Balaban J connectivity index is 2.22. The Morgan fingerprint density at radius 2 is 2.00 bits per heavy atom. The molecule has 4 nitrogen and oxygen atoms in total. The van der Waals surface area contributed by atoms with Crippen LogP contribution in [0.2, 0.25) is 5.02 Å². The van der Waals surface area contributed by atoms with Gasteiger partial charge in [0.05, 0.1) is 0 Å². The molecule has 2 amide bonds. The van der Waals surface area contributed by atoms with E-state index in [1.54, 1.807) is 24.3 Å². The molecule has 1 unspecified atom stereocenters. The van der Waals surface area contributed by atoms with Crippen molar-refractivity contribution in [1.29, 1.82) is 0 Å². The Labute approximate surface area is 144 Å². The summed E-state index contributed by atoms with van der Waals surface area (Å²) in [7, 11) is 0. The summed E-state index contributed by atoms with van der Waals surface area (Å²) in [6.45, 7) is 6.17. The summed E-state index contributed by atoms with van der Waals surface area (Å²) in [5.74, 6) is -0.467. The molecule has 22 heavy (non-hydrogen) atoms. The third-order valence-electron chi connectivity index (χ3n) is 3.48. The maximum Gasteiger partial charge on any atom is 0.252 e. The molecule has 1 fully saturated rings. The molecular weight excluding hydrogens is 340 g/mol. The van der Waals surface area contributed by atoms with E-state index in [1.165, 1.54) is 16.7 Å². The second-order valence-corrected chi connectivity index (χ2v) is 8.19. The minimum Gasteiger partial charge on any atom is -0.339 e. The molecule has 1 heterocycles. The lowest BCUT2D eigenvalue weighted by Crippen LogP contribution is -2.62. The molecule has 1 aliphatic heterocycles. The minimum absolute atomic E-state index is 0.168. The zero-order valence-corrected chi connectivity index (χ0v) is 14.9. The molecule has 0 aliphatic carbocycles. The van der Waals surface area contributed by atoms with E-state index in [0.29, 0.717) is 21.5 Å². The van der Waals surface area contributed by atoms with Gasteiger partial charge in [0.1, 0.15) is 10.4 Å². The monoisotopic (exact) mass is 356 g/mol. The second-order valence-electron chi connectivity index (χ2n) is 5.47. The summed E-state index contributed by atoms with van der Waals surface area (Å²) < 4.78 is 0.0524. The van der Waals surface area contributed by atoms with Crippen molar-refractivity contribution in [3.63, 3.8) is 0 Å². The molecule has 1 atom stereocenters. The van der Waals surface area contributed by atoms with Crippen LogP contribution in [0.1, 0.15) is 31.1 Å². The van der Waals surface area contributed by atoms with Crippen molar-refractivity contribution in [2.24, 2.45) is 0 Å². The fourth-order valence-electron chi connectivity index (χ4n) is 2.22. The van der Waals surface area contributed by atoms with E-state index in [1.807, 2.05) is 20.8 Å². The lowest BCUT2D eigenvalue weighted by Gasteiger charge is -2.42. The fourth-order valence-corrected chi connectivity index (χ4v) is 4.26. The number of carbonyl (C=O) groups excluding carboxylic acids is 2. The first-order valence-electron chi connectivity index (χ1n) is 6.87. The molecule has 118 valence electrons. The van der Waals surface area contributed by atoms with Gasteiger partial charge in [0, 0.05) is 21.9 Å². The average molecular weight is 357 g/mol. The number of carbonyl (C=O) groups is 2. The van der Waals surface area contributed by atoms with Crippen molar-refractivity contribution in [1.82, 2.24) is 10.2 Å². The van der Waals surface area contributed by atoms with Gasteiger partial charge in [0.25, 0.3) is 11.8 Å². The van der Waals surface area contributed by atoms with Gasteiger partial charge in [0.2, 0.25) is 0 Å². The van der Waals surface area contributed by atoms with E-state index in [2.05, 4.69) is 5.32 Å². The van der Waals surface area contributed by atoms with Crippen LogP contribution in [0.3, 0.4) is 0 Å². The number of likely N-dealkylation sites (N-methyl/N-ethyl adjacent to an activating group) is 1. The average Bonchev–Trinajstić information content (AvgIpc) is 2.43. The van der Waals surface area contributed by atoms with Crippen LogP contribution in [-0.4, -0.2) is 38.4 Å². The molecule has 0 saturated carbocycles. The van der Waals surface area contributed by atoms with Crippen LogP contribution in [0.15, 0.2) is 24.3 Å². The van der Waals surface area contributed by atoms with Crippen molar-refractivity contribution in [3.05, 3.63) is 34.9 Å². The fraction of sp³-hybridized carbons (Fsp3) is 0.400. The number of thiocarbonyl (C=S) groups is 1. The van der Waals surface area contributed by atoms with Gasteiger partial charge in [-0.25, -0.2) is 0 Å². The number of hydrogen-bond donors (Lipinski definition) is 1. The highest BCUT2D eigenvalue weighted by Gasteiger charge is 2.45. The molecule has 0 aromatic heterocycles. The first-order chi connectivity index (χ1) is 10.3.